The van der Waals surface area contributed by atoms with Crippen LogP contribution >= 0.6 is 27.5 Å². The van der Waals surface area contributed by atoms with Gasteiger partial charge in [0, 0.05) is 6.42 Å². The van der Waals surface area contributed by atoms with Crippen molar-refractivity contribution in [2.75, 3.05) is 0 Å². The maximum absolute atomic E-state index is 13.1. The van der Waals surface area contributed by atoms with E-state index < -0.39 is 0 Å². The normalized spacial score (nSPS) is 10.6. The number of hydrogen-bond acceptors (Lipinski definition) is 4. The standard InChI is InChI=1S/C12H10BrFN2OS/c1-2-10-12(18-16-15-10)11(17)6-7-3-4-9(14)8(13)5-7/h3-5H,2,6H2,1H3. The predicted octanol–water partition coefficient (Wildman–Crippen LogP) is 3.43. The van der Waals surface area contributed by atoms with Crippen LogP contribution in [0.1, 0.15) is 27.9 Å². The lowest BCUT2D eigenvalue weighted by Crippen LogP contribution is -2.04. The minimum absolute atomic E-state index is 0.0274. The Balaban J connectivity index is 2.19. The van der Waals surface area contributed by atoms with E-state index in [-0.39, 0.29) is 18.0 Å². The first kappa shape index (κ1) is 13.3. The van der Waals surface area contributed by atoms with Gasteiger partial charge in [0.15, 0.2) is 5.78 Å². The molecule has 1 heterocycles. The van der Waals surface area contributed by atoms with Crippen LogP contribution in [0.2, 0.25) is 0 Å². The third-order valence-corrected chi connectivity index (χ3v) is 3.91. The molecule has 0 bridgehead atoms. The molecule has 1 aromatic heterocycles. The summed E-state index contributed by atoms with van der Waals surface area (Å²) in [7, 11) is 0. The van der Waals surface area contributed by atoms with E-state index in [1.807, 2.05) is 6.92 Å². The first-order valence-corrected chi connectivity index (χ1v) is 6.96. The molecule has 0 radical (unpaired) electrons. The Morgan fingerprint density at radius 2 is 2.28 bits per heavy atom. The van der Waals surface area contributed by atoms with Gasteiger partial charge >= 0.3 is 0 Å². The molecule has 18 heavy (non-hydrogen) atoms. The van der Waals surface area contributed by atoms with Crippen molar-refractivity contribution in [2.45, 2.75) is 19.8 Å². The van der Waals surface area contributed by atoms with Crippen molar-refractivity contribution in [3.05, 3.63) is 44.6 Å². The molecule has 0 amide bonds. The van der Waals surface area contributed by atoms with Crippen LogP contribution in [-0.4, -0.2) is 15.4 Å². The highest BCUT2D eigenvalue weighted by Gasteiger charge is 2.15. The van der Waals surface area contributed by atoms with Crippen LogP contribution in [0.15, 0.2) is 22.7 Å². The molecule has 94 valence electrons. The molecule has 2 rings (SSSR count). The van der Waals surface area contributed by atoms with Crippen LogP contribution in [-0.2, 0) is 12.8 Å². The Morgan fingerprint density at radius 3 is 2.94 bits per heavy atom. The van der Waals surface area contributed by atoms with Crippen LogP contribution in [0.5, 0.6) is 0 Å². The lowest BCUT2D eigenvalue weighted by Gasteiger charge is -2.02. The molecule has 0 saturated carbocycles. The molecule has 0 aliphatic heterocycles. The molecular weight excluding hydrogens is 319 g/mol. The third kappa shape index (κ3) is 2.81. The van der Waals surface area contributed by atoms with Gasteiger partial charge in [0.1, 0.15) is 10.7 Å². The Labute approximate surface area is 116 Å². The minimum atomic E-state index is -0.333. The van der Waals surface area contributed by atoms with E-state index in [0.717, 1.165) is 22.8 Å². The van der Waals surface area contributed by atoms with Crippen molar-refractivity contribution in [2.24, 2.45) is 0 Å². The molecule has 0 aliphatic rings. The second-order valence-corrected chi connectivity index (χ2v) is 5.36. The number of ketones is 1. The van der Waals surface area contributed by atoms with Gasteiger partial charge < -0.3 is 0 Å². The van der Waals surface area contributed by atoms with Crippen molar-refractivity contribution >= 4 is 33.2 Å². The molecule has 3 nitrogen and oxygen atoms in total. The zero-order valence-corrected chi connectivity index (χ0v) is 12.0. The average molecular weight is 329 g/mol. The van der Waals surface area contributed by atoms with Crippen molar-refractivity contribution in [1.29, 1.82) is 0 Å². The SMILES string of the molecule is CCc1nnsc1C(=O)Cc1ccc(F)c(Br)c1. The number of Topliss-reactive ketones (excluding diaryl/α,β-unsaturated/α-hetero) is 1. The first-order valence-electron chi connectivity index (χ1n) is 5.40. The molecule has 0 N–H and O–H groups in total. The smallest absolute Gasteiger partial charge is 0.180 e. The second-order valence-electron chi connectivity index (χ2n) is 3.75. The number of carbonyl (C=O) groups excluding carboxylic acids is 1. The molecule has 0 unspecified atom stereocenters. The predicted molar refractivity (Wildman–Crippen MR) is 71.4 cm³/mol. The Morgan fingerprint density at radius 1 is 1.50 bits per heavy atom. The van der Waals surface area contributed by atoms with Gasteiger partial charge in [-0.2, -0.15) is 0 Å². The lowest BCUT2D eigenvalue weighted by molar-refractivity contribution is 0.0995. The average Bonchev–Trinajstić information content (AvgIpc) is 2.82. The highest BCUT2D eigenvalue weighted by Crippen LogP contribution is 2.19. The molecule has 0 saturated heterocycles. The van der Waals surface area contributed by atoms with Gasteiger partial charge in [-0.1, -0.05) is 17.5 Å². The van der Waals surface area contributed by atoms with Gasteiger partial charge in [0.2, 0.25) is 0 Å². The van der Waals surface area contributed by atoms with E-state index in [1.165, 1.54) is 6.07 Å². The summed E-state index contributed by atoms with van der Waals surface area (Å²) in [5.41, 5.74) is 1.50. The zero-order chi connectivity index (χ0) is 13.1. The zero-order valence-electron chi connectivity index (χ0n) is 9.61. The van der Waals surface area contributed by atoms with Crippen molar-refractivity contribution in [1.82, 2.24) is 9.59 Å². The maximum atomic E-state index is 13.1. The highest BCUT2D eigenvalue weighted by atomic mass is 79.9. The summed E-state index contributed by atoms with van der Waals surface area (Å²) in [6.45, 7) is 1.93. The van der Waals surface area contributed by atoms with Gasteiger partial charge in [-0.05, 0) is 51.6 Å². The summed E-state index contributed by atoms with van der Waals surface area (Å²) in [6, 6.07) is 4.57. The van der Waals surface area contributed by atoms with Crippen LogP contribution in [0.4, 0.5) is 4.39 Å². The van der Waals surface area contributed by atoms with E-state index in [0.29, 0.717) is 15.8 Å². The van der Waals surface area contributed by atoms with Crippen LogP contribution in [0.3, 0.4) is 0 Å². The van der Waals surface area contributed by atoms with E-state index in [2.05, 4.69) is 25.5 Å². The summed E-state index contributed by atoms with van der Waals surface area (Å²) >= 11 is 4.22. The van der Waals surface area contributed by atoms with Crippen LogP contribution < -0.4 is 0 Å². The van der Waals surface area contributed by atoms with Crippen LogP contribution in [0.25, 0.3) is 0 Å². The largest absolute Gasteiger partial charge is 0.293 e. The Hall–Kier alpha value is -1.14. The summed E-state index contributed by atoms with van der Waals surface area (Å²) in [5.74, 6) is -0.361. The summed E-state index contributed by atoms with van der Waals surface area (Å²) in [5, 5.41) is 3.91. The molecule has 0 spiro atoms. The fraction of sp³-hybridized carbons (Fsp3) is 0.250. The molecule has 0 fully saturated rings. The number of benzene rings is 1. The summed E-state index contributed by atoms with van der Waals surface area (Å²) in [6.07, 6.45) is 0.917. The minimum Gasteiger partial charge on any atom is -0.293 e. The van der Waals surface area contributed by atoms with Gasteiger partial charge in [0.05, 0.1) is 10.2 Å². The van der Waals surface area contributed by atoms with Crippen molar-refractivity contribution < 1.29 is 9.18 Å². The maximum Gasteiger partial charge on any atom is 0.180 e. The fourth-order valence-corrected chi connectivity index (χ4v) is 2.68. The summed E-state index contributed by atoms with van der Waals surface area (Å²) in [4.78, 5) is 12.7. The monoisotopic (exact) mass is 328 g/mol. The second kappa shape index (κ2) is 5.67. The van der Waals surface area contributed by atoms with Gasteiger partial charge in [-0.3, -0.25) is 4.79 Å². The molecular formula is C12H10BrFN2OS. The van der Waals surface area contributed by atoms with E-state index in [4.69, 9.17) is 0 Å². The van der Waals surface area contributed by atoms with Gasteiger partial charge in [0.25, 0.3) is 0 Å². The Bertz CT molecular complexity index is 585. The van der Waals surface area contributed by atoms with Crippen LogP contribution in [0, 0.1) is 5.82 Å². The van der Waals surface area contributed by atoms with Gasteiger partial charge in [-0.25, -0.2) is 4.39 Å². The fourth-order valence-electron chi connectivity index (χ4n) is 1.57. The first-order chi connectivity index (χ1) is 8.61. The number of hydrogen-bond donors (Lipinski definition) is 0. The third-order valence-electron chi connectivity index (χ3n) is 2.49. The Kier molecular flexibility index (Phi) is 4.19. The van der Waals surface area contributed by atoms with Gasteiger partial charge in [-0.15, -0.1) is 5.10 Å². The molecule has 0 aliphatic carbocycles. The van der Waals surface area contributed by atoms with Crippen molar-refractivity contribution in [3.63, 3.8) is 0 Å². The number of halogens is 2. The number of aryl methyl sites for hydroxylation is 1. The quantitative estimate of drug-likeness (QED) is 0.807. The summed E-state index contributed by atoms with van der Waals surface area (Å²) < 4.78 is 17.2. The van der Waals surface area contributed by atoms with E-state index in [9.17, 15) is 9.18 Å². The van der Waals surface area contributed by atoms with Crippen molar-refractivity contribution in [3.8, 4) is 0 Å². The number of rotatable bonds is 4. The topological polar surface area (TPSA) is 42.9 Å². The number of aromatic nitrogens is 2. The molecule has 6 heteroatoms. The van der Waals surface area contributed by atoms with E-state index >= 15 is 0 Å². The lowest BCUT2D eigenvalue weighted by atomic mass is 10.1. The molecule has 0 atom stereocenters. The highest BCUT2D eigenvalue weighted by molar-refractivity contribution is 9.10. The molecule has 1 aromatic carbocycles. The number of carbonyl (C=O) groups is 1. The molecule has 2 aromatic rings. The van der Waals surface area contributed by atoms with E-state index in [1.54, 1.807) is 12.1 Å². The number of nitrogens with zero attached hydrogens (tertiary/aromatic N) is 2.